The lowest BCUT2D eigenvalue weighted by atomic mass is 9.99. The van der Waals surface area contributed by atoms with E-state index in [2.05, 4.69) is 31.2 Å². The van der Waals surface area contributed by atoms with Gasteiger partial charge in [-0.05, 0) is 76.3 Å². The fourth-order valence-electron chi connectivity index (χ4n) is 7.66. The van der Waals surface area contributed by atoms with Gasteiger partial charge in [0.05, 0.1) is 12.1 Å². The maximum absolute atomic E-state index is 14.5. The highest BCUT2D eigenvalue weighted by atomic mass is 19.4. The van der Waals surface area contributed by atoms with Crippen molar-refractivity contribution in [3.8, 4) is 0 Å². The van der Waals surface area contributed by atoms with Crippen LogP contribution in [0.1, 0.15) is 78.2 Å². The number of guanidine groups is 1. The molecule has 8 unspecified atom stereocenters. The number of carbonyl (C=O) groups is 8. The third-order valence-electron chi connectivity index (χ3n) is 11.0. The summed E-state index contributed by atoms with van der Waals surface area (Å²) < 4.78 is 31.7. The highest BCUT2D eigenvalue weighted by Gasteiger charge is 2.45. The minimum atomic E-state index is -5.08. The van der Waals surface area contributed by atoms with Crippen LogP contribution in [0.2, 0.25) is 0 Å². The number of H-pyrrole nitrogens is 1. The number of para-hydroxylation sites is 1. The predicted octanol–water partition coefficient (Wildman–Crippen LogP) is -0.823. The summed E-state index contributed by atoms with van der Waals surface area (Å²) in [6, 6.07) is -0.571. The fraction of sp³-hybridized carbons (Fsp3) is 0.595. The quantitative estimate of drug-likeness (QED) is 0.0439. The van der Waals surface area contributed by atoms with E-state index < -0.39 is 102 Å². The Bertz CT molecular complexity index is 2110. The van der Waals surface area contributed by atoms with Gasteiger partial charge < -0.3 is 68.6 Å². The number of aliphatic hydroxyl groups is 1. The molecule has 4 rings (SSSR count). The van der Waals surface area contributed by atoms with Crippen molar-refractivity contribution in [3.05, 3.63) is 36.0 Å². The topological polar surface area (TPSA) is 358 Å². The van der Waals surface area contributed by atoms with Gasteiger partial charge in [-0.1, -0.05) is 32.0 Å². The van der Waals surface area contributed by atoms with Crippen LogP contribution in [-0.4, -0.2) is 158 Å². The van der Waals surface area contributed by atoms with Crippen molar-refractivity contribution >= 4 is 64.2 Å². The van der Waals surface area contributed by atoms with Crippen molar-refractivity contribution in [3.63, 3.8) is 0 Å². The lowest BCUT2D eigenvalue weighted by Gasteiger charge is -2.34. The first-order valence-corrected chi connectivity index (χ1v) is 21.7. The van der Waals surface area contributed by atoms with Gasteiger partial charge in [-0.3, -0.25) is 33.8 Å². The van der Waals surface area contributed by atoms with Gasteiger partial charge in [0, 0.05) is 43.2 Å². The summed E-state index contributed by atoms with van der Waals surface area (Å²) in [5.41, 5.74) is 17.8. The summed E-state index contributed by atoms with van der Waals surface area (Å²) >= 11 is 0. The Labute approximate surface area is 384 Å². The van der Waals surface area contributed by atoms with E-state index in [4.69, 9.17) is 27.1 Å². The van der Waals surface area contributed by atoms with Crippen LogP contribution in [0, 0.1) is 5.92 Å². The standard InChI is InChI=1S/C40H61N11O9.C2HF3O2/c1-21(2)18-29(48-34(54)28(19-24-20-45-26-11-6-5-10-25(24)26)47-36(56)32(23(4)52)49-33(53)22(3)41)37(57)51-17-9-14-31(51)38(58)50-16-8-13-30(50)35(55)46-27(39(59)60)12-7-15-44-40(42)43;3-2(4,5)1(6)7/h5-6,10-11,20-23,27-32,45,52H,7-9,12-19,41H2,1-4H3,(H,46,55)(H,47,56)(H,48,54)(H,49,53)(H,59,60)(H4,42,43,44);(H,6,7). The van der Waals surface area contributed by atoms with Crippen LogP contribution in [0.4, 0.5) is 13.2 Å². The Morgan fingerprint density at radius 3 is 2.00 bits per heavy atom. The number of alkyl halides is 3. The first-order valence-electron chi connectivity index (χ1n) is 21.7. The summed E-state index contributed by atoms with van der Waals surface area (Å²) in [5, 5.41) is 38.6. The van der Waals surface area contributed by atoms with Crippen molar-refractivity contribution in [2.45, 2.75) is 134 Å². The minimum Gasteiger partial charge on any atom is -0.480 e. The molecule has 372 valence electrons. The number of aromatic amines is 1. The summed E-state index contributed by atoms with van der Waals surface area (Å²) in [5.74, 6) is -8.05. The number of fused-ring (bicyclic) bond motifs is 1. The van der Waals surface area contributed by atoms with Crippen molar-refractivity contribution in [1.29, 1.82) is 0 Å². The Hall–Kier alpha value is -6.50. The normalized spacial score (nSPS) is 18.6. The maximum Gasteiger partial charge on any atom is 0.490 e. The molecule has 2 saturated heterocycles. The Kier molecular flexibility index (Phi) is 20.3. The largest absolute Gasteiger partial charge is 0.490 e. The molecule has 3 heterocycles. The second-order valence-electron chi connectivity index (χ2n) is 16.9. The van der Waals surface area contributed by atoms with E-state index in [1.807, 2.05) is 38.1 Å². The lowest BCUT2D eigenvalue weighted by molar-refractivity contribution is -0.192. The fourth-order valence-corrected chi connectivity index (χ4v) is 7.66. The molecule has 2 aliphatic rings. The van der Waals surface area contributed by atoms with Gasteiger partial charge in [0.15, 0.2) is 5.96 Å². The van der Waals surface area contributed by atoms with Gasteiger partial charge in [0.25, 0.3) is 0 Å². The second-order valence-corrected chi connectivity index (χ2v) is 16.9. The Morgan fingerprint density at radius 1 is 0.836 bits per heavy atom. The monoisotopic (exact) mass is 953 g/mol. The second kappa shape index (κ2) is 24.9. The van der Waals surface area contributed by atoms with Crippen molar-refractivity contribution in [2.75, 3.05) is 19.6 Å². The Morgan fingerprint density at radius 2 is 1.43 bits per heavy atom. The number of nitrogens with zero attached hydrogens (tertiary/aromatic N) is 3. The average Bonchev–Trinajstić information content (AvgIpc) is 4.03. The number of hydrogen-bond donors (Lipinski definition) is 11. The van der Waals surface area contributed by atoms with Gasteiger partial charge in [-0.25, -0.2) is 9.59 Å². The molecule has 6 amide bonds. The van der Waals surface area contributed by atoms with Crippen molar-refractivity contribution in [2.24, 2.45) is 28.1 Å². The summed E-state index contributed by atoms with van der Waals surface area (Å²) in [6.07, 6.45) is -2.62. The number of benzene rings is 1. The molecule has 1 aromatic heterocycles. The number of carboxylic acid groups (broad SMARTS) is 2. The molecule has 67 heavy (non-hydrogen) atoms. The van der Waals surface area contributed by atoms with Gasteiger partial charge in [-0.2, -0.15) is 13.2 Å². The summed E-state index contributed by atoms with van der Waals surface area (Å²) in [6.45, 7) is 7.10. The van der Waals surface area contributed by atoms with E-state index in [1.165, 1.54) is 23.6 Å². The zero-order chi connectivity index (χ0) is 50.3. The molecule has 25 heteroatoms. The number of carbonyl (C=O) groups excluding carboxylic acids is 6. The molecule has 2 aromatic rings. The van der Waals surface area contributed by atoms with Gasteiger partial charge in [-0.15, -0.1) is 0 Å². The maximum atomic E-state index is 14.5. The lowest BCUT2D eigenvalue weighted by Crippen LogP contribution is -2.61. The molecule has 2 aliphatic heterocycles. The average molecular weight is 954 g/mol. The highest BCUT2D eigenvalue weighted by Crippen LogP contribution is 2.27. The smallest absolute Gasteiger partial charge is 0.480 e. The molecule has 0 bridgehead atoms. The van der Waals surface area contributed by atoms with Crippen molar-refractivity contribution < 1.29 is 66.8 Å². The third kappa shape index (κ3) is 16.1. The number of aliphatic hydroxyl groups excluding tert-OH is 1. The molecule has 8 atom stereocenters. The molecular weight excluding hydrogens is 892 g/mol. The number of aliphatic imine (C=N–C) groups is 1. The van der Waals surface area contributed by atoms with Gasteiger partial charge in [0.1, 0.15) is 36.3 Å². The van der Waals surface area contributed by atoms with E-state index in [9.17, 15) is 56.9 Å². The highest BCUT2D eigenvalue weighted by molar-refractivity contribution is 5.98. The SMILES string of the molecule is CC(C)CC(NC(=O)C(Cc1c[nH]c2ccccc12)NC(=O)C(NC(=O)C(C)N)C(C)O)C(=O)N1CCCC1C(=O)N1CCCC1C(=O)NC(CCCN=C(N)N)C(=O)O.O=C(O)C(F)(F)F. The van der Waals surface area contributed by atoms with Crippen LogP contribution < -0.4 is 38.5 Å². The molecule has 1 aromatic carbocycles. The number of likely N-dealkylation sites (tertiary alicyclic amines) is 2. The number of amides is 6. The predicted molar refractivity (Wildman–Crippen MR) is 235 cm³/mol. The van der Waals surface area contributed by atoms with Crippen molar-refractivity contribution in [1.82, 2.24) is 36.1 Å². The number of nitrogens with one attached hydrogen (secondary N) is 5. The van der Waals surface area contributed by atoms with E-state index in [0.717, 1.165) is 10.9 Å². The number of aliphatic carboxylic acids is 2. The molecule has 0 aliphatic carbocycles. The number of halogens is 3. The number of rotatable bonds is 20. The van der Waals surface area contributed by atoms with E-state index in [1.54, 1.807) is 6.20 Å². The summed E-state index contributed by atoms with van der Waals surface area (Å²) in [7, 11) is 0. The first-order chi connectivity index (χ1) is 31.3. The zero-order valence-electron chi connectivity index (χ0n) is 37.7. The zero-order valence-corrected chi connectivity index (χ0v) is 37.7. The molecule has 14 N–H and O–H groups in total. The van der Waals surface area contributed by atoms with E-state index in [-0.39, 0.29) is 50.8 Å². The van der Waals surface area contributed by atoms with Gasteiger partial charge in [0.2, 0.25) is 35.4 Å². The van der Waals surface area contributed by atoms with Crippen LogP contribution in [0.5, 0.6) is 0 Å². The molecule has 22 nitrogen and oxygen atoms in total. The Balaban J connectivity index is 0.00000157. The van der Waals surface area contributed by atoms with Crippen LogP contribution in [0.15, 0.2) is 35.5 Å². The van der Waals surface area contributed by atoms with E-state index in [0.29, 0.717) is 37.7 Å². The molecule has 0 spiro atoms. The van der Waals surface area contributed by atoms with Crippen LogP contribution in [0.25, 0.3) is 10.9 Å². The number of hydrogen-bond acceptors (Lipinski definition) is 11. The van der Waals surface area contributed by atoms with Crippen LogP contribution in [-0.2, 0) is 44.8 Å². The molecule has 0 radical (unpaired) electrons. The van der Waals surface area contributed by atoms with Crippen LogP contribution >= 0.6 is 0 Å². The molecule has 2 fully saturated rings. The minimum absolute atomic E-state index is 0.0276. The molecular formula is C42H62F3N11O11. The number of carboxylic acids is 2. The van der Waals surface area contributed by atoms with E-state index >= 15 is 0 Å². The number of aromatic nitrogens is 1. The third-order valence-corrected chi connectivity index (χ3v) is 11.0. The van der Waals surface area contributed by atoms with Crippen LogP contribution in [0.3, 0.4) is 0 Å². The van der Waals surface area contributed by atoms with Gasteiger partial charge >= 0.3 is 18.1 Å². The number of nitrogens with two attached hydrogens (primary N) is 3. The summed E-state index contributed by atoms with van der Waals surface area (Å²) in [4.78, 5) is 113. The first kappa shape index (κ1) is 54.8. The molecule has 0 saturated carbocycles.